The summed E-state index contributed by atoms with van der Waals surface area (Å²) in [6, 6.07) is 11.8. The third-order valence-corrected chi connectivity index (χ3v) is 6.27. The van der Waals surface area contributed by atoms with Crippen LogP contribution in [0.5, 0.6) is 5.75 Å². The Bertz CT molecular complexity index is 1250. The Morgan fingerprint density at radius 2 is 1.68 bits per heavy atom. The number of ether oxygens (including phenoxy) is 3. The summed E-state index contributed by atoms with van der Waals surface area (Å²) in [6.07, 6.45) is 3.79. The molecule has 0 aliphatic rings. The number of carbonyl (C=O) groups excluding carboxylic acids is 3. The lowest BCUT2D eigenvalue weighted by molar-refractivity contribution is -0.113. The van der Waals surface area contributed by atoms with E-state index in [1.807, 2.05) is 28.8 Å². The predicted molar refractivity (Wildman–Crippen MR) is 145 cm³/mol. The van der Waals surface area contributed by atoms with E-state index in [2.05, 4.69) is 29.0 Å². The number of amides is 1. The normalized spacial score (nSPS) is 10.5. The van der Waals surface area contributed by atoms with Crippen LogP contribution >= 0.6 is 11.8 Å². The Hall–Kier alpha value is -4.12. The van der Waals surface area contributed by atoms with Crippen LogP contribution in [-0.2, 0) is 20.8 Å². The number of hydrogen-bond donors (Lipinski definition) is 1. The summed E-state index contributed by atoms with van der Waals surface area (Å²) in [4.78, 5) is 36.7. The van der Waals surface area contributed by atoms with E-state index in [1.54, 1.807) is 6.08 Å². The van der Waals surface area contributed by atoms with Crippen LogP contribution in [0.3, 0.4) is 0 Å². The van der Waals surface area contributed by atoms with Gasteiger partial charge in [0.15, 0.2) is 11.0 Å². The van der Waals surface area contributed by atoms with Gasteiger partial charge in [-0.15, -0.1) is 16.8 Å². The largest absolute Gasteiger partial charge is 0.494 e. The van der Waals surface area contributed by atoms with Crippen molar-refractivity contribution in [1.29, 1.82) is 0 Å². The highest BCUT2D eigenvalue weighted by Gasteiger charge is 2.17. The van der Waals surface area contributed by atoms with Crippen LogP contribution in [0.2, 0.25) is 0 Å². The summed E-state index contributed by atoms with van der Waals surface area (Å²) in [7, 11) is 2.46. The van der Waals surface area contributed by atoms with E-state index in [0.29, 0.717) is 24.1 Å². The Kier molecular flexibility index (Phi) is 10.5. The lowest BCUT2D eigenvalue weighted by Gasteiger charge is -2.10. The number of thioether (sulfide) groups is 1. The van der Waals surface area contributed by atoms with Gasteiger partial charge in [-0.3, -0.25) is 9.36 Å². The van der Waals surface area contributed by atoms with Crippen molar-refractivity contribution in [2.24, 2.45) is 0 Å². The number of allylic oxidation sites excluding steroid dienone is 1. The number of unbranched alkanes of at least 4 members (excludes halogenated alkanes) is 1. The van der Waals surface area contributed by atoms with Gasteiger partial charge in [0.1, 0.15) is 5.75 Å². The molecule has 38 heavy (non-hydrogen) atoms. The first-order chi connectivity index (χ1) is 18.4. The molecule has 0 spiro atoms. The number of nitrogens with zero attached hydrogens (tertiary/aromatic N) is 3. The highest BCUT2D eigenvalue weighted by Crippen LogP contribution is 2.26. The molecular formula is C27H30N4O6S. The quantitative estimate of drug-likeness (QED) is 0.144. The van der Waals surface area contributed by atoms with Gasteiger partial charge in [-0.2, -0.15) is 0 Å². The smallest absolute Gasteiger partial charge is 0.337 e. The molecule has 0 aliphatic carbocycles. The Labute approximate surface area is 225 Å². The molecule has 3 aromatic rings. The molecule has 3 rings (SSSR count). The second-order valence-electron chi connectivity index (χ2n) is 8.05. The Balaban J connectivity index is 1.72. The number of hydrogen-bond acceptors (Lipinski definition) is 9. The fourth-order valence-electron chi connectivity index (χ4n) is 3.44. The molecule has 0 unspecified atom stereocenters. The number of aromatic nitrogens is 3. The van der Waals surface area contributed by atoms with Crippen LogP contribution in [0.25, 0.3) is 11.4 Å². The van der Waals surface area contributed by atoms with Crippen molar-refractivity contribution >= 4 is 35.3 Å². The summed E-state index contributed by atoms with van der Waals surface area (Å²) in [5, 5.41) is 11.8. The lowest BCUT2D eigenvalue weighted by Crippen LogP contribution is -2.16. The van der Waals surface area contributed by atoms with Gasteiger partial charge < -0.3 is 19.5 Å². The van der Waals surface area contributed by atoms with Gasteiger partial charge in [-0.05, 0) is 48.9 Å². The second kappa shape index (κ2) is 14.0. The summed E-state index contributed by atoms with van der Waals surface area (Å²) in [6.45, 7) is 7.05. The molecule has 1 aromatic heterocycles. The molecule has 10 nitrogen and oxygen atoms in total. The van der Waals surface area contributed by atoms with Gasteiger partial charge in [-0.1, -0.05) is 31.2 Å². The van der Waals surface area contributed by atoms with Gasteiger partial charge in [0.2, 0.25) is 5.91 Å². The van der Waals surface area contributed by atoms with Crippen LogP contribution < -0.4 is 10.1 Å². The predicted octanol–water partition coefficient (Wildman–Crippen LogP) is 4.61. The molecule has 0 radical (unpaired) electrons. The Morgan fingerprint density at radius 3 is 2.26 bits per heavy atom. The molecule has 0 fully saturated rings. The summed E-state index contributed by atoms with van der Waals surface area (Å²) < 4.78 is 17.1. The second-order valence-corrected chi connectivity index (χ2v) is 8.99. The third kappa shape index (κ3) is 7.45. The minimum absolute atomic E-state index is 0.00942. The van der Waals surface area contributed by atoms with Gasteiger partial charge in [0, 0.05) is 17.8 Å². The molecule has 1 N–H and O–H groups in total. The lowest BCUT2D eigenvalue weighted by atomic mass is 10.1. The van der Waals surface area contributed by atoms with Crippen molar-refractivity contribution in [3.63, 3.8) is 0 Å². The Morgan fingerprint density at radius 1 is 1.03 bits per heavy atom. The minimum atomic E-state index is -0.647. The molecule has 2 aromatic carbocycles. The van der Waals surface area contributed by atoms with Crippen LogP contribution in [0.15, 0.2) is 60.3 Å². The van der Waals surface area contributed by atoms with Crippen LogP contribution in [-0.4, -0.2) is 59.2 Å². The maximum Gasteiger partial charge on any atom is 0.337 e. The molecule has 0 bridgehead atoms. The number of methoxy groups -OCH3 is 2. The van der Waals surface area contributed by atoms with Crippen LogP contribution in [0.1, 0.15) is 40.5 Å². The van der Waals surface area contributed by atoms with E-state index in [4.69, 9.17) is 14.2 Å². The first-order valence-corrected chi connectivity index (χ1v) is 12.9. The van der Waals surface area contributed by atoms with Crippen molar-refractivity contribution in [2.75, 3.05) is 31.9 Å². The van der Waals surface area contributed by atoms with Crippen molar-refractivity contribution in [3.05, 3.63) is 66.2 Å². The van der Waals surface area contributed by atoms with Crippen LogP contribution in [0.4, 0.5) is 5.69 Å². The number of carbonyl (C=O) groups is 3. The molecule has 1 heterocycles. The van der Waals surface area contributed by atoms with Crippen molar-refractivity contribution < 1.29 is 28.6 Å². The van der Waals surface area contributed by atoms with Crippen molar-refractivity contribution in [3.8, 4) is 17.1 Å². The topological polar surface area (TPSA) is 122 Å². The summed E-state index contributed by atoms with van der Waals surface area (Å²) in [5.74, 6) is -0.222. The molecule has 0 saturated carbocycles. The standard InChI is InChI=1S/C27H30N4O6S/c1-5-7-13-37-22-10-8-18(9-11-22)24-29-30-27(31(24)12-6-2)38-17-23(32)28-21-15-19(25(33)35-3)14-20(16-21)26(34)36-4/h6,8-11,14-16H,2,5,7,12-13,17H2,1,3-4H3,(H,28,32). The fraction of sp³-hybridized carbons (Fsp3) is 0.296. The highest BCUT2D eigenvalue weighted by atomic mass is 32.2. The van der Waals surface area contributed by atoms with Crippen LogP contribution in [0, 0.1) is 0 Å². The summed E-state index contributed by atoms with van der Waals surface area (Å²) in [5.41, 5.74) is 1.33. The SMILES string of the molecule is C=CCn1c(SCC(=O)Nc2cc(C(=O)OC)cc(C(=O)OC)c2)nnc1-c1ccc(OCCCC)cc1. The molecule has 1 amide bonds. The highest BCUT2D eigenvalue weighted by molar-refractivity contribution is 7.99. The number of esters is 2. The zero-order valence-electron chi connectivity index (χ0n) is 21.6. The monoisotopic (exact) mass is 538 g/mol. The molecule has 200 valence electrons. The minimum Gasteiger partial charge on any atom is -0.494 e. The van der Waals surface area contributed by atoms with Gasteiger partial charge in [-0.25, -0.2) is 9.59 Å². The number of benzene rings is 2. The van der Waals surface area contributed by atoms with Crippen molar-refractivity contribution in [2.45, 2.75) is 31.5 Å². The van der Waals surface area contributed by atoms with E-state index in [-0.39, 0.29) is 28.5 Å². The zero-order valence-corrected chi connectivity index (χ0v) is 22.4. The average molecular weight is 539 g/mol. The van der Waals surface area contributed by atoms with E-state index in [9.17, 15) is 14.4 Å². The number of rotatable bonds is 13. The maximum absolute atomic E-state index is 12.7. The molecule has 11 heteroatoms. The first-order valence-electron chi connectivity index (χ1n) is 11.9. The van der Waals surface area contributed by atoms with E-state index in [1.165, 1.54) is 44.2 Å². The van der Waals surface area contributed by atoms with E-state index >= 15 is 0 Å². The van der Waals surface area contributed by atoms with Crippen molar-refractivity contribution in [1.82, 2.24) is 14.8 Å². The zero-order chi connectivity index (χ0) is 27.5. The number of nitrogens with one attached hydrogen (secondary N) is 1. The molecule has 0 atom stereocenters. The average Bonchev–Trinajstić information content (AvgIpc) is 3.33. The van der Waals surface area contributed by atoms with Gasteiger partial charge in [0.05, 0.1) is 37.7 Å². The van der Waals surface area contributed by atoms with E-state index < -0.39 is 11.9 Å². The first kappa shape index (κ1) is 28.5. The van der Waals surface area contributed by atoms with Gasteiger partial charge >= 0.3 is 11.9 Å². The molecule has 0 saturated heterocycles. The number of anilines is 1. The maximum atomic E-state index is 12.7. The fourth-order valence-corrected chi connectivity index (χ4v) is 4.18. The molecule has 0 aliphatic heterocycles. The summed E-state index contributed by atoms with van der Waals surface area (Å²) >= 11 is 1.20. The van der Waals surface area contributed by atoms with E-state index in [0.717, 1.165) is 24.2 Å². The van der Waals surface area contributed by atoms with Gasteiger partial charge in [0.25, 0.3) is 0 Å². The third-order valence-electron chi connectivity index (χ3n) is 5.30. The molecular weight excluding hydrogens is 508 g/mol.